The van der Waals surface area contributed by atoms with Crippen LogP contribution in [-0.2, 0) is 0 Å². The molecule has 2 aromatic carbocycles. The molecule has 11 heteroatoms. The highest BCUT2D eigenvalue weighted by Gasteiger charge is 2.20. The van der Waals surface area contributed by atoms with Crippen LogP contribution in [0.2, 0.25) is 0 Å². The predicted octanol–water partition coefficient (Wildman–Crippen LogP) is 3.39. The highest BCUT2D eigenvalue weighted by molar-refractivity contribution is 6.05. The number of aryl methyl sites for hydroxylation is 1. The number of rotatable bonds is 5. The maximum atomic E-state index is 14.4. The lowest BCUT2D eigenvalue weighted by atomic mass is 10.1. The van der Waals surface area contributed by atoms with Crippen molar-refractivity contribution in [2.24, 2.45) is 0 Å². The molecule has 28 heavy (non-hydrogen) atoms. The maximum Gasteiger partial charge on any atom is 0.277 e. The number of hydrogen-bond donors (Lipinski definition) is 1. The van der Waals surface area contributed by atoms with E-state index >= 15 is 0 Å². The Labute approximate surface area is 156 Å². The monoisotopic (exact) mass is 385 g/mol. The molecule has 0 saturated heterocycles. The normalized spacial score (nSPS) is 10.5. The number of benzene rings is 2. The number of carbonyl (C=O) groups is 1. The lowest BCUT2D eigenvalue weighted by molar-refractivity contribution is -0.394. The molecule has 3 aromatic rings. The fraction of sp³-hybridized carbons (Fsp3) is 0.0588. The Hall–Kier alpha value is -4.15. The number of anilines is 1. The average Bonchev–Trinajstić information content (AvgIpc) is 3.07. The van der Waals surface area contributed by atoms with Crippen LogP contribution in [0.5, 0.6) is 0 Å². The minimum atomic E-state index is -0.849. The fourth-order valence-corrected chi connectivity index (χ4v) is 2.55. The minimum Gasteiger partial charge on any atom is -0.322 e. The molecule has 0 aliphatic heterocycles. The van der Waals surface area contributed by atoms with Crippen molar-refractivity contribution in [3.63, 3.8) is 0 Å². The van der Waals surface area contributed by atoms with Gasteiger partial charge in [-0.05, 0) is 25.1 Å². The third-order valence-electron chi connectivity index (χ3n) is 3.88. The van der Waals surface area contributed by atoms with E-state index in [1.165, 1.54) is 22.9 Å². The summed E-state index contributed by atoms with van der Waals surface area (Å²) in [6, 6.07) is 6.48. The fourth-order valence-electron chi connectivity index (χ4n) is 2.55. The van der Waals surface area contributed by atoms with Crippen molar-refractivity contribution in [3.8, 4) is 5.69 Å². The Morgan fingerprint density at radius 3 is 2.25 bits per heavy atom. The summed E-state index contributed by atoms with van der Waals surface area (Å²) in [5.41, 5.74) is -1.19. The lowest BCUT2D eigenvalue weighted by Gasteiger charge is -2.10. The number of imidazole rings is 1. The summed E-state index contributed by atoms with van der Waals surface area (Å²) < 4.78 is 15.9. The zero-order valence-electron chi connectivity index (χ0n) is 14.3. The first kappa shape index (κ1) is 18.6. The third-order valence-corrected chi connectivity index (χ3v) is 3.88. The molecule has 142 valence electrons. The van der Waals surface area contributed by atoms with Crippen LogP contribution in [0.4, 0.5) is 21.5 Å². The Kier molecular flexibility index (Phi) is 4.81. The summed E-state index contributed by atoms with van der Waals surface area (Å²) in [6.45, 7) is 1.70. The molecule has 0 fully saturated rings. The van der Waals surface area contributed by atoms with Crippen LogP contribution in [0.15, 0.2) is 48.8 Å². The van der Waals surface area contributed by atoms with Crippen LogP contribution in [0.25, 0.3) is 5.69 Å². The van der Waals surface area contributed by atoms with Gasteiger partial charge in [-0.25, -0.2) is 9.37 Å². The second-order valence-electron chi connectivity index (χ2n) is 5.72. The van der Waals surface area contributed by atoms with Gasteiger partial charge in [-0.1, -0.05) is 0 Å². The van der Waals surface area contributed by atoms with Crippen LogP contribution in [0.3, 0.4) is 0 Å². The van der Waals surface area contributed by atoms with Crippen LogP contribution >= 0.6 is 0 Å². The number of halogens is 1. The summed E-state index contributed by atoms with van der Waals surface area (Å²) in [5, 5.41) is 24.2. The van der Waals surface area contributed by atoms with Crippen molar-refractivity contribution in [2.45, 2.75) is 6.92 Å². The van der Waals surface area contributed by atoms with Gasteiger partial charge >= 0.3 is 0 Å². The molecule has 1 aromatic heterocycles. The van der Waals surface area contributed by atoms with Gasteiger partial charge in [0.15, 0.2) is 0 Å². The number of nitrogens with zero attached hydrogens (tertiary/aromatic N) is 4. The number of nitrogens with one attached hydrogen (secondary N) is 1. The van der Waals surface area contributed by atoms with Crippen LogP contribution in [0, 0.1) is 33.0 Å². The number of nitro groups is 2. The molecule has 0 radical (unpaired) electrons. The molecule has 0 atom stereocenters. The van der Waals surface area contributed by atoms with Crippen LogP contribution in [-0.4, -0.2) is 25.3 Å². The Balaban J connectivity index is 1.89. The smallest absolute Gasteiger partial charge is 0.277 e. The second kappa shape index (κ2) is 7.23. The van der Waals surface area contributed by atoms with Crippen molar-refractivity contribution in [1.29, 1.82) is 0 Å². The second-order valence-corrected chi connectivity index (χ2v) is 5.72. The van der Waals surface area contributed by atoms with Gasteiger partial charge in [0.1, 0.15) is 11.6 Å². The third kappa shape index (κ3) is 3.67. The molecule has 1 N–H and O–H groups in total. The molecule has 0 aliphatic carbocycles. The van der Waals surface area contributed by atoms with E-state index in [0.29, 0.717) is 5.82 Å². The molecular weight excluding hydrogens is 373 g/mol. The van der Waals surface area contributed by atoms with E-state index in [1.807, 2.05) is 0 Å². The van der Waals surface area contributed by atoms with Crippen LogP contribution < -0.4 is 5.32 Å². The Morgan fingerprint density at radius 1 is 1.11 bits per heavy atom. The quantitative estimate of drug-likeness (QED) is 0.529. The average molecular weight is 385 g/mol. The molecule has 0 bridgehead atoms. The van der Waals surface area contributed by atoms with Crippen LogP contribution in [0.1, 0.15) is 16.2 Å². The molecule has 0 aliphatic rings. The van der Waals surface area contributed by atoms with Gasteiger partial charge in [0.2, 0.25) is 0 Å². The van der Waals surface area contributed by atoms with Crippen molar-refractivity contribution in [3.05, 3.63) is 86.2 Å². The topological polar surface area (TPSA) is 133 Å². The van der Waals surface area contributed by atoms with Gasteiger partial charge in [-0.15, -0.1) is 0 Å². The molecule has 1 amide bonds. The van der Waals surface area contributed by atoms with Crippen molar-refractivity contribution >= 4 is 23.0 Å². The van der Waals surface area contributed by atoms with Gasteiger partial charge in [0.25, 0.3) is 17.3 Å². The Morgan fingerprint density at radius 2 is 1.75 bits per heavy atom. The van der Waals surface area contributed by atoms with Crippen molar-refractivity contribution < 1.29 is 19.0 Å². The Bertz CT molecular complexity index is 1080. The standard InChI is InChI=1S/C17H12FN5O5/c1-10-19-4-5-21(10)16-3-2-12(8-15(16)18)20-17(24)11-6-13(22(25)26)9-14(7-11)23(27)28/h2-9H,1H3,(H,20,24). The van der Waals surface area contributed by atoms with Gasteiger partial charge in [0, 0.05) is 30.2 Å². The van der Waals surface area contributed by atoms with E-state index in [9.17, 15) is 29.4 Å². The highest BCUT2D eigenvalue weighted by atomic mass is 19.1. The number of amides is 1. The highest BCUT2D eigenvalue weighted by Crippen LogP contribution is 2.24. The number of carbonyl (C=O) groups excluding carboxylic acids is 1. The first-order chi connectivity index (χ1) is 13.3. The molecule has 0 unspecified atom stereocenters. The van der Waals surface area contributed by atoms with E-state index in [1.54, 1.807) is 13.1 Å². The number of aromatic nitrogens is 2. The summed E-state index contributed by atoms with van der Waals surface area (Å²) in [5.74, 6) is -0.915. The van der Waals surface area contributed by atoms with E-state index in [2.05, 4.69) is 10.3 Å². The minimum absolute atomic E-state index is 0.0816. The van der Waals surface area contributed by atoms with E-state index in [4.69, 9.17) is 0 Å². The molecule has 10 nitrogen and oxygen atoms in total. The molecule has 1 heterocycles. The summed E-state index contributed by atoms with van der Waals surface area (Å²) >= 11 is 0. The van der Waals surface area contributed by atoms with Gasteiger partial charge < -0.3 is 9.88 Å². The van der Waals surface area contributed by atoms with Gasteiger partial charge in [-0.2, -0.15) is 0 Å². The molecule has 0 spiro atoms. The largest absolute Gasteiger partial charge is 0.322 e. The molecular formula is C17H12FN5O5. The zero-order chi connectivity index (χ0) is 20.4. The number of hydrogen-bond acceptors (Lipinski definition) is 6. The van der Waals surface area contributed by atoms with E-state index in [-0.39, 0.29) is 16.9 Å². The zero-order valence-corrected chi connectivity index (χ0v) is 14.3. The lowest BCUT2D eigenvalue weighted by Crippen LogP contribution is -2.13. The maximum absolute atomic E-state index is 14.4. The molecule has 3 rings (SSSR count). The van der Waals surface area contributed by atoms with Crippen molar-refractivity contribution in [1.82, 2.24) is 9.55 Å². The van der Waals surface area contributed by atoms with E-state index in [0.717, 1.165) is 24.3 Å². The predicted molar refractivity (Wildman–Crippen MR) is 96.0 cm³/mol. The summed E-state index contributed by atoms with van der Waals surface area (Å²) in [7, 11) is 0. The van der Waals surface area contributed by atoms with Gasteiger partial charge in [0.05, 0.1) is 27.2 Å². The first-order valence-corrected chi connectivity index (χ1v) is 7.81. The summed E-state index contributed by atoms with van der Waals surface area (Å²) in [6.07, 6.45) is 3.09. The SMILES string of the molecule is Cc1nccn1-c1ccc(NC(=O)c2cc([N+](=O)[O-])cc([N+](=O)[O-])c2)cc1F. The van der Waals surface area contributed by atoms with Crippen molar-refractivity contribution in [2.75, 3.05) is 5.32 Å². The van der Waals surface area contributed by atoms with Gasteiger partial charge in [-0.3, -0.25) is 25.0 Å². The molecule has 0 saturated carbocycles. The summed E-state index contributed by atoms with van der Waals surface area (Å²) in [4.78, 5) is 36.5. The number of nitro benzene ring substituents is 2. The van der Waals surface area contributed by atoms with E-state index < -0.39 is 32.9 Å². The first-order valence-electron chi connectivity index (χ1n) is 7.81. The number of non-ortho nitro benzene ring substituents is 2.